The van der Waals surface area contributed by atoms with E-state index in [0.29, 0.717) is 35.3 Å². The molecular weight excluding hydrogens is 484 g/mol. The third-order valence-corrected chi connectivity index (χ3v) is 8.62. The fourth-order valence-corrected chi connectivity index (χ4v) is 6.09. The topological polar surface area (TPSA) is 99.2 Å². The Morgan fingerprint density at radius 3 is 2.54 bits per heavy atom. The number of para-hydroxylation sites is 1. The number of fused-ring (bicyclic) bond motifs is 5. The zero-order valence-corrected chi connectivity index (χ0v) is 21.5. The van der Waals surface area contributed by atoms with E-state index in [1.54, 1.807) is 18.2 Å². The summed E-state index contributed by atoms with van der Waals surface area (Å²) in [6, 6.07) is 13.6. The fraction of sp³-hybridized carbons (Fsp3) is 0.360. The highest BCUT2D eigenvalue weighted by atomic mass is 35.5. The first-order valence-corrected chi connectivity index (χ1v) is 13.6. The van der Waals surface area contributed by atoms with Gasteiger partial charge >= 0.3 is 0 Å². The summed E-state index contributed by atoms with van der Waals surface area (Å²) in [7, 11) is -2.29. The Labute approximate surface area is 211 Å². The van der Waals surface area contributed by atoms with Crippen molar-refractivity contribution in [3.8, 4) is 0 Å². The maximum absolute atomic E-state index is 12.4. The molecule has 2 bridgehead atoms. The van der Waals surface area contributed by atoms with Gasteiger partial charge in [0.25, 0.3) is 0 Å². The number of hydrogen-bond donors (Lipinski definition) is 3. The number of piperidine rings is 1. The average molecular weight is 513 g/mol. The van der Waals surface area contributed by atoms with Gasteiger partial charge in [0.2, 0.25) is 16.0 Å². The maximum atomic E-state index is 12.4. The molecule has 3 aromatic rings. The van der Waals surface area contributed by atoms with Crippen molar-refractivity contribution in [2.24, 2.45) is 0 Å². The minimum atomic E-state index is -3.66. The normalized spacial score (nSPS) is 19.6. The van der Waals surface area contributed by atoms with Crippen LogP contribution in [-0.2, 0) is 10.0 Å². The molecule has 2 aliphatic rings. The van der Waals surface area contributed by atoms with Crippen LogP contribution in [-0.4, -0.2) is 49.5 Å². The molecule has 8 nitrogen and oxygen atoms in total. The second kappa shape index (κ2) is 9.39. The lowest BCUT2D eigenvalue weighted by atomic mass is 9.95. The maximum Gasteiger partial charge on any atom is 0.242 e. The Kier molecular flexibility index (Phi) is 6.43. The molecule has 2 aromatic carbocycles. The Hall–Kier alpha value is -2.72. The van der Waals surface area contributed by atoms with E-state index in [9.17, 15) is 8.42 Å². The van der Waals surface area contributed by atoms with Gasteiger partial charge in [-0.2, -0.15) is 4.98 Å². The number of rotatable bonds is 7. The number of nitrogens with one attached hydrogen (secondary N) is 3. The molecule has 0 saturated carbocycles. The van der Waals surface area contributed by atoms with Gasteiger partial charge in [-0.3, -0.25) is 4.90 Å². The smallest absolute Gasteiger partial charge is 0.242 e. The Morgan fingerprint density at radius 1 is 1.06 bits per heavy atom. The van der Waals surface area contributed by atoms with Crippen molar-refractivity contribution in [3.05, 3.63) is 64.8 Å². The molecule has 1 fully saturated rings. The van der Waals surface area contributed by atoms with Gasteiger partial charge in [0.05, 0.1) is 11.9 Å². The van der Waals surface area contributed by atoms with Gasteiger partial charge in [-0.05, 0) is 74.5 Å². The van der Waals surface area contributed by atoms with E-state index in [-0.39, 0.29) is 9.92 Å². The molecule has 3 N–H and O–H groups in total. The Morgan fingerprint density at radius 2 is 1.80 bits per heavy atom. The molecule has 1 aliphatic carbocycles. The van der Waals surface area contributed by atoms with Crippen molar-refractivity contribution in [1.29, 1.82) is 0 Å². The number of sulfonamides is 1. The first-order chi connectivity index (χ1) is 16.7. The number of likely N-dealkylation sites (tertiary alicyclic amines) is 1. The molecule has 1 aromatic heterocycles. The minimum Gasteiger partial charge on any atom is -0.338 e. The molecule has 1 saturated heterocycles. The Balaban J connectivity index is 1.39. The van der Waals surface area contributed by atoms with Crippen molar-refractivity contribution in [2.45, 2.75) is 43.0 Å². The summed E-state index contributed by atoms with van der Waals surface area (Å²) in [5.41, 5.74) is 4.14. The zero-order chi connectivity index (χ0) is 24.7. The van der Waals surface area contributed by atoms with Crippen LogP contribution < -0.4 is 15.4 Å². The van der Waals surface area contributed by atoms with E-state index in [1.807, 2.05) is 0 Å². The molecule has 2 heterocycles. The summed E-state index contributed by atoms with van der Waals surface area (Å²) in [5, 5.41) is 6.62. The predicted molar refractivity (Wildman–Crippen MR) is 140 cm³/mol. The highest BCUT2D eigenvalue weighted by Crippen LogP contribution is 2.47. The monoisotopic (exact) mass is 512 g/mol. The van der Waals surface area contributed by atoms with Crippen LogP contribution in [0.2, 0.25) is 5.02 Å². The van der Waals surface area contributed by atoms with E-state index < -0.39 is 10.0 Å². The Bertz CT molecular complexity index is 1360. The quantitative estimate of drug-likeness (QED) is 0.417. The molecule has 10 heteroatoms. The largest absolute Gasteiger partial charge is 0.338 e. The van der Waals surface area contributed by atoms with Crippen molar-refractivity contribution in [2.75, 3.05) is 30.8 Å². The molecule has 0 amide bonds. The summed E-state index contributed by atoms with van der Waals surface area (Å²) >= 11 is 6.34. The van der Waals surface area contributed by atoms with Crippen LogP contribution >= 0.6 is 11.6 Å². The van der Waals surface area contributed by atoms with Gasteiger partial charge in [-0.15, -0.1) is 0 Å². The van der Waals surface area contributed by atoms with Crippen molar-refractivity contribution >= 4 is 44.8 Å². The van der Waals surface area contributed by atoms with E-state index in [2.05, 4.69) is 62.3 Å². The predicted octanol–water partition coefficient (Wildman–Crippen LogP) is 4.82. The molecule has 5 rings (SSSR count). The van der Waals surface area contributed by atoms with Crippen LogP contribution in [0.1, 0.15) is 43.2 Å². The summed E-state index contributed by atoms with van der Waals surface area (Å²) in [6.45, 7) is 6.73. The van der Waals surface area contributed by atoms with Gasteiger partial charge in [0.15, 0.2) is 5.82 Å². The second-order valence-electron chi connectivity index (χ2n) is 9.36. The fourth-order valence-electron chi connectivity index (χ4n) is 5.07. The van der Waals surface area contributed by atoms with Crippen LogP contribution in [0.5, 0.6) is 0 Å². The third-order valence-electron chi connectivity index (χ3n) is 6.87. The first kappa shape index (κ1) is 24.0. The highest BCUT2D eigenvalue weighted by Gasteiger charge is 2.38. The third kappa shape index (κ3) is 4.73. The van der Waals surface area contributed by atoms with Crippen molar-refractivity contribution in [1.82, 2.24) is 19.6 Å². The number of benzene rings is 2. The van der Waals surface area contributed by atoms with Crippen molar-refractivity contribution < 1.29 is 8.42 Å². The van der Waals surface area contributed by atoms with Crippen LogP contribution in [0.4, 0.5) is 23.1 Å². The van der Waals surface area contributed by atoms with Gasteiger partial charge in [0, 0.05) is 24.8 Å². The van der Waals surface area contributed by atoms with E-state index >= 15 is 0 Å². The average Bonchev–Trinajstić information content (AvgIpc) is 3.10. The van der Waals surface area contributed by atoms with Crippen LogP contribution in [0.25, 0.3) is 0 Å². The summed E-state index contributed by atoms with van der Waals surface area (Å²) < 4.78 is 27.1. The van der Waals surface area contributed by atoms with Crippen LogP contribution in [0, 0.1) is 0 Å². The summed E-state index contributed by atoms with van der Waals surface area (Å²) in [4.78, 5) is 11.5. The SMILES string of the molecule is CNS(=O)(=O)c1ccccc1Nc1nc(Nc2ccc3c(c2)C2CC3CN(C(C)C)C2)ncc1Cl. The van der Waals surface area contributed by atoms with Gasteiger partial charge in [0.1, 0.15) is 9.92 Å². The number of anilines is 4. The standard InChI is InChI=1S/C25H29ClN6O2S/c1-15(2)32-13-16-10-17(14-32)20-11-18(8-9-19(16)20)29-25-28-12-21(26)24(31-25)30-22-6-4-5-7-23(22)35(33,34)27-3/h4-9,11-12,15-17,27H,10,13-14H2,1-3H3,(H2,28,29,30,31). The highest BCUT2D eigenvalue weighted by molar-refractivity contribution is 7.89. The van der Waals surface area contributed by atoms with Crippen molar-refractivity contribution in [3.63, 3.8) is 0 Å². The van der Waals surface area contributed by atoms with Crippen LogP contribution in [0.3, 0.4) is 0 Å². The summed E-state index contributed by atoms with van der Waals surface area (Å²) in [6.07, 6.45) is 2.71. The number of nitrogens with zero attached hydrogens (tertiary/aromatic N) is 3. The number of hydrogen-bond acceptors (Lipinski definition) is 7. The minimum absolute atomic E-state index is 0.104. The van der Waals surface area contributed by atoms with Gasteiger partial charge in [-0.25, -0.2) is 18.1 Å². The number of halogens is 1. The molecule has 2 atom stereocenters. The second-order valence-corrected chi connectivity index (χ2v) is 11.6. The first-order valence-electron chi connectivity index (χ1n) is 11.7. The van der Waals surface area contributed by atoms with Crippen LogP contribution in [0.15, 0.2) is 53.6 Å². The number of aromatic nitrogens is 2. The lowest BCUT2D eigenvalue weighted by Crippen LogP contribution is -2.39. The lowest BCUT2D eigenvalue weighted by molar-refractivity contribution is 0.163. The molecule has 0 spiro atoms. The molecule has 0 radical (unpaired) electrons. The lowest BCUT2D eigenvalue weighted by Gasteiger charge is -2.35. The molecular formula is C25H29ClN6O2S. The molecule has 35 heavy (non-hydrogen) atoms. The molecule has 184 valence electrons. The zero-order valence-electron chi connectivity index (χ0n) is 19.9. The van der Waals surface area contributed by atoms with Gasteiger partial charge < -0.3 is 10.6 Å². The molecule has 2 unspecified atom stereocenters. The van der Waals surface area contributed by atoms with E-state index in [1.165, 1.54) is 36.9 Å². The molecule has 1 aliphatic heterocycles. The van der Waals surface area contributed by atoms with E-state index in [0.717, 1.165) is 18.8 Å². The van der Waals surface area contributed by atoms with Gasteiger partial charge in [-0.1, -0.05) is 29.8 Å². The summed E-state index contributed by atoms with van der Waals surface area (Å²) in [5.74, 6) is 1.82. The van der Waals surface area contributed by atoms with E-state index in [4.69, 9.17) is 11.6 Å².